The summed E-state index contributed by atoms with van der Waals surface area (Å²) >= 11 is 0. The Kier molecular flexibility index (Phi) is 3.41. The first kappa shape index (κ1) is 13.7. The Morgan fingerprint density at radius 2 is 2.24 bits per heavy atom. The molecule has 0 amide bonds. The highest BCUT2D eigenvalue weighted by molar-refractivity contribution is 5.71. The molecule has 1 unspecified atom stereocenters. The lowest BCUT2D eigenvalue weighted by Gasteiger charge is -2.20. The second-order valence-electron chi connectivity index (χ2n) is 5.41. The third-order valence-electron chi connectivity index (χ3n) is 3.92. The monoisotopic (exact) mass is 286 g/mol. The van der Waals surface area contributed by atoms with Crippen molar-refractivity contribution in [3.8, 4) is 11.4 Å². The lowest BCUT2D eigenvalue weighted by Crippen LogP contribution is -2.23. The number of aliphatic carboxylic acids is 1. The van der Waals surface area contributed by atoms with Crippen molar-refractivity contribution in [1.29, 1.82) is 0 Å². The van der Waals surface area contributed by atoms with Crippen molar-refractivity contribution in [2.75, 3.05) is 0 Å². The number of carbonyl (C=O) groups is 1. The van der Waals surface area contributed by atoms with E-state index in [9.17, 15) is 9.18 Å². The quantitative estimate of drug-likeness (QED) is 0.922. The molecule has 1 aromatic heterocycles. The van der Waals surface area contributed by atoms with Gasteiger partial charge in [-0.2, -0.15) is 0 Å². The Balaban J connectivity index is 1.93. The van der Waals surface area contributed by atoms with Crippen molar-refractivity contribution in [3.63, 3.8) is 0 Å². The maximum Gasteiger partial charge on any atom is 0.306 e. The Morgan fingerprint density at radius 3 is 2.95 bits per heavy atom. The summed E-state index contributed by atoms with van der Waals surface area (Å²) in [7, 11) is 0. The van der Waals surface area contributed by atoms with Gasteiger partial charge in [0.15, 0.2) is 5.82 Å². The van der Waals surface area contributed by atoms with Gasteiger partial charge in [0.05, 0.1) is 5.92 Å². The van der Waals surface area contributed by atoms with E-state index in [1.807, 2.05) is 0 Å². The second-order valence-corrected chi connectivity index (χ2v) is 5.41. The van der Waals surface area contributed by atoms with E-state index in [4.69, 9.17) is 5.11 Å². The maximum atomic E-state index is 13.3. The third kappa shape index (κ3) is 2.63. The third-order valence-corrected chi connectivity index (χ3v) is 3.92. The minimum absolute atomic E-state index is 0.249. The first-order valence-corrected chi connectivity index (χ1v) is 6.88. The summed E-state index contributed by atoms with van der Waals surface area (Å²) < 4.78 is 13.3. The molecule has 1 aliphatic carbocycles. The van der Waals surface area contributed by atoms with E-state index in [1.54, 1.807) is 25.3 Å². The number of carboxylic acids is 1. The standard InChI is InChI=1S/C16H15FN2O2/c1-9-6-10(2-4-13(9)17)15-18-8-12-7-11(16(20)21)3-5-14(12)19-15/h2,4,6,8,11H,3,5,7H2,1H3,(H,20,21). The van der Waals surface area contributed by atoms with Gasteiger partial charge in [-0.1, -0.05) is 0 Å². The predicted molar refractivity (Wildman–Crippen MR) is 75.3 cm³/mol. The number of carboxylic acid groups (broad SMARTS) is 1. The molecule has 0 bridgehead atoms. The summed E-state index contributed by atoms with van der Waals surface area (Å²) in [5, 5.41) is 9.08. The fraction of sp³-hybridized carbons (Fsp3) is 0.312. The van der Waals surface area contributed by atoms with E-state index >= 15 is 0 Å². The van der Waals surface area contributed by atoms with E-state index in [0.717, 1.165) is 16.8 Å². The molecule has 1 aliphatic rings. The largest absolute Gasteiger partial charge is 0.481 e. The SMILES string of the molecule is Cc1cc(-c2ncc3c(n2)CCC(C(=O)O)C3)ccc1F. The van der Waals surface area contributed by atoms with Crippen molar-refractivity contribution < 1.29 is 14.3 Å². The van der Waals surface area contributed by atoms with Crippen LogP contribution in [0.15, 0.2) is 24.4 Å². The first-order valence-electron chi connectivity index (χ1n) is 6.88. The van der Waals surface area contributed by atoms with Crippen LogP contribution in [0.25, 0.3) is 11.4 Å². The van der Waals surface area contributed by atoms with Crippen LogP contribution in [0.1, 0.15) is 23.2 Å². The number of rotatable bonds is 2. The zero-order valence-electron chi connectivity index (χ0n) is 11.6. The topological polar surface area (TPSA) is 63.1 Å². The first-order chi connectivity index (χ1) is 10.0. The molecule has 4 nitrogen and oxygen atoms in total. The fourth-order valence-electron chi connectivity index (χ4n) is 2.64. The van der Waals surface area contributed by atoms with E-state index < -0.39 is 5.97 Å². The van der Waals surface area contributed by atoms with Gasteiger partial charge < -0.3 is 5.11 Å². The Hall–Kier alpha value is -2.30. The number of nitrogens with zero attached hydrogens (tertiary/aromatic N) is 2. The minimum atomic E-state index is -0.765. The zero-order valence-corrected chi connectivity index (χ0v) is 11.6. The van der Waals surface area contributed by atoms with Crippen LogP contribution in [0.5, 0.6) is 0 Å². The molecule has 0 saturated heterocycles. The van der Waals surface area contributed by atoms with Gasteiger partial charge >= 0.3 is 5.97 Å². The van der Waals surface area contributed by atoms with Crippen molar-refractivity contribution in [2.24, 2.45) is 5.92 Å². The van der Waals surface area contributed by atoms with E-state index in [-0.39, 0.29) is 11.7 Å². The van der Waals surface area contributed by atoms with Crippen LogP contribution in [0.4, 0.5) is 4.39 Å². The van der Waals surface area contributed by atoms with Crippen molar-refractivity contribution in [2.45, 2.75) is 26.2 Å². The molecule has 21 heavy (non-hydrogen) atoms. The molecular weight excluding hydrogens is 271 g/mol. The maximum absolute atomic E-state index is 13.3. The molecule has 1 N–H and O–H groups in total. The van der Waals surface area contributed by atoms with Gasteiger partial charge in [-0.25, -0.2) is 14.4 Å². The van der Waals surface area contributed by atoms with Crippen LogP contribution in [0.2, 0.25) is 0 Å². The van der Waals surface area contributed by atoms with Gasteiger partial charge in [0.25, 0.3) is 0 Å². The summed E-state index contributed by atoms with van der Waals surface area (Å²) in [5.74, 6) is -0.800. The number of hydrogen-bond donors (Lipinski definition) is 1. The summed E-state index contributed by atoms with van der Waals surface area (Å²) in [4.78, 5) is 19.9. The van der Waals surface area contributed by atoms with Gasteiger partial charge in [0.1, 0.15) is 5.82 Å². The summed E-state index contributed by atoms with van der Waals surface area (Å²) in [6, 6.07) is 4.79. The van der Waals surface area contributed by atoms with Crippen LogP contribution >= 0.6 is 0 Å². The molecule has 5 heteroatoms. The Bertz CT molecular complexity index is 715. The molecule has 2 aromatic rings. The van der Waals surface area contributed by atoms with Crippen molar-refractivity contribution >= 4 is 5.97 Å². The molecule has 0 spiro atoms. The number of halogens is 1. The normalized spacial score (nSPS) is 17.3. The highest BCUT2D eigenvalue weighted by Crippen LogP contribution is 2.26. The lowest BCUT2D eigenvalue weighted by atomic mass is 9.87. The number of aryl methyl sites for hydroxylation is 2. The molecule has 3 rings (SSSR count). The highest BCUT2D eigenvalue weighted by Gasteiger charge is 2.25. The van der Waals surface area contributed by atoms with Crippen LogP contribution in [-0.2, 0) is 17.6 Å². The second kappa shape index (κ2) is 5.24. The fourth-order valence-corrected chi connectivity index (χ4v) is 2.64. The van der Waals surface area contributed by atoms with Crippen LogP contribution < -0.4 is 0 Å². The molecule has 0 fully saturated rings. The predicted octanol–water partition coefficient (Wildman–Crippen LogP) is 2.78. The molecule has 1 heterocycles. The minimum Gasteiger partial charge on any atom is -0.481 e. The molecule has 0 radical (unpaired) electrons. The molecule has 0 aliphatic heterocycles. The van der Waals surface area contributed by atoms with Crippen molar-refractivity contribution in [3.05, 3.63) is 47.0 Å². The molecule has 1 aromatic carbocycles. The van der Waals surface area contributed by atoms with Gasteiger partial charge in [-0.15, -0.1) is 0 Å². The van der Waals surface area contributed by atoms with Crippen LogP contribution in [0, 0.1) is 18.7 Å². The number of hydrogen-bond acceptors (Lipinski definition) is 3. The van der Waals surface area contributed by atoms with Gasteiger partial charge in [0.2, 0.25) is 0 Å². The highest BCUT2D eigenvalue weighted by atomic mass is 19.1. The van der Waals surface area contributed by atoms with Gasteiger partial charge in [0, 0.05) is 17.5 Å². The number of fused-ring (bicyclic) bond motifs is 1. The Morgan fingerprint density at radius 1 is 1.43 bits per heavy atom. The van der Waals surface area contributed by atoms with Crippen LogP contribution in [0.3, 0.4) is 0 Å². The molecular formula is C16H15FN2O2. The zero-order chi connectivity index (χ0) is 15.0. The summed E-state index contributed by atoms with van der Waals surface area (Å²) in [6.45, 7) is 1.70. The summed E-state index contributed by atoms with van der Waals surface area (Å²) in [5.41, 5.74) is 3.13. The summed E-state index contributed by atoms with van der Waals surface area (Å²) in [6.07, 6.45) is 3.42. The van der Waals surface area contributed by atoms with E-state index in [2.05, 4.69) is 9.97 Å². The lowest BCUT2D eigenvalue weighted by molar-refractivity contribution is -0.142. The smallest absolute Gasteiger partial charge is 0.306 e. The average Bonchev–Trinajstić information content (AvgIpc) is 2.49. The van der Waals surface area contributed by atoms with Crippen LogP contribution in [-0.4, -0.2) is 21.0 Å². The Labute approximate surface area is 121 Å². The van der Waals surface area contributed by atoms with Crippen molar-refractivity contribution in [1.82, 2.24) is 9.97 Å². The van der Waals surface area contributed by atoms with Gasteiger partial charge in [-0.05, 0) is 55.5 Å². The van der Waals surface area contributed by atoms with E-state index in [0.29, 0.717) is 30.7 Å². The molecule has 108 valence electrons. The van der Waals surface area contributed by atoms with Gasteiger partial charge in [-0.3, -0.25) is 4.79 Å². The molecule has 1 atom stereocenters. The number of aromatic nitrogens is 2. The average molecular weight is 286 g/mol. The number of benzene rings is 1. The molecule has 0 saturated carbocycles. The van der Waals surface area contributed by atoms with E-state index in [1.165, 1.54) is 6.07 Å².